The number of hydrogen-bond acceptors (Lipinski definition) is 4. The van der Waals surface area contributed by atoms with Gasteiger partial charge in [0.25, 0.3) is 10.2 Å². The first-order valence-corrected chi connectivity index (χ1v) is 8.82. The minimum absolute atomic E-state index is 0.923. The number of aromatic nitrogens is 2. The van der Waals surface area contributed by atoms with Crippen molar-refractivity contribution in [3.63, 3.8) is 0 Å². The lowest BCUT2D eigenvalue weighted by Crippen LogP contribution is -2.34. The van der Waals surface area contributed by atoms with E-state index < -0.39 is 10.2 Å². The Morgan fingerprint density at radius 2 is 0.967 bits per heavy atom. The maximum Gasteiger partial charge on any atom is 0.291 e. The van der Waals surface area contributed by atoms with E-state index in [1.165, 1.54) is 22.3 Å². The topological polar surface area (TPSA) is 134 Å². The highest BCUT2D eigenvalue weighted by Crippen LogP contribution is 2.16. The summed E-state index contributed by atoms with van der Waals surface area (Å²) in [6, 6.07) is 17.0. The number of benzene rings is 1. The van der Waals surface area contributed by atoms with Crippen molar-refractivity contribution in [1.82, 2.24) is 0 Å². The lowest BCUT2D eigenvalue weighted by molar-refractivity contribution is -0.742. The first-order valence-electron chi connectivity index (χ1n) is 8.82. The van der Waals surface area contributed by atoms with Crippen molar-refractivity contribution in [2.24, 2.45) is 0 Å². The fourth-order valence-electron chi connectivity index (χ4n) is 2.75. The smallest absolute Gasteiger partial charge is 0.291 e. The molecule has 0 aliphatic carbocycles. The molecule has 1 aromatic carbocycles. The molecular formula is C20H24N4O6+2. The van der Waals surface area contributed by atoms with Gasteiger partial charge in [-0.3, -0.25) is 0 Å². The molecule has 0 radical (unpaired) electrons. The average Bonchev–Trinajstić information content (AvgIpc) is 2.66. The normalized spacial score (nSPS) is 9.40. The molecule has 2 aromatic heterocycles. The Hall–Kier alpha value is -4.08. The van der Waals surface area contributed by atoms with Crippen LogP contribution in [0.5, 0.6) is 0 Å². The van der Waals surface area contributed by atoms with Gasteiger partial charge in [-0.15, -0.1) is 20.2 Å². The van der Waals surface area contributed by atoms with E-state index in [9.17, 15) is 0 Å². The van der Waals surface area contributed by atoms with Gasteiger partial charge in [-0.1, -0.05) is 12.1 Å². The summed E-state index contributed by atoms with van der Waals surface area (Å²) in [6.45, 7) is 6.26. The van der Waals surface area contributed by atoms with E-state index in [4.69, 9.17) is 30.6 Å². The van der Waals surface area contributed by atoms with Gasteiger partial charge in [0, 0.05) is 35.4 Å². The molecule has 10 heteroatoms. The van der Waals surface area contributed by atoms with Crippen LogP contribution < -0.4 is 9.13 Å². The van der Waals surface area contributed by atoms with Crippen molar-refractivity contribution in [1.29, 1.82) is 0 Å². The van der Waals surface area contributed by atoms with E-state index in [-0.39, 0.29) is 0 Å². The van der Waals surface area contributed by atoms with Gasteiger partial charge in [0.2, 0.25) is 0 Å². The van der Waals surface area contributed by atoms with Gasteiger partial charge >= 0.3 is 0 Å². The molecular weight excluding hydrogens is 392 g/mol. The predicted molar refractivity (Wildman–Crippen MR) is 105 cm³/mol. The monoisotopic (exact) mass is 416 g/mol. The molecule has 0 saturated heterocycles. The van der Waals surface area contributed by atoms with E-state index in [1.54, 1.807) is 0 Å². The molecule has 158 valence electrons. The van der Waals surface area contributed by atoms with E-state index in [2.05, 4.69) is 96.3 Å². The Morgan fingerprint density at radius 3 is 1.23 bits per heavy atom. The number of aryl methyl sites for hydroxylation is 2. The van der Waals surface area contributed by atoms with Crippen LogP contribution in [0.15, 0.2) is 73.3 Å². The van der Waals surface area contributed by atoms with Crippen molar-refractivity contribution < 1.29 is 29.7 Å². The fraction of sp³-hybridized carbons (Fsp3) is 0.200. The lowest BCUT2D eigenvalue weighted by Gasteiger charge is -2.09. The third kappa shape index (κ3) is 9.74. The Kier molecular flexibility index (Phi) is 9.90. The van der Waals surface area contributed by atoms with E-state index in [0.29, 0.717) is 0 Å². The van der Waals surface area contributed by atoms with Crippen molar-refractivity contribution >= 4 is 0 Å². The van der Waals surface area contributed by atoms with Crippen LogP contribution in [0.25, 0.3) is 0 Å². The number of hydrogen-bond donors (Lipinski definition) is 2. The van der Waals surface area contributed by atoms with Gasteiger partial charge in [-0.2, -0.15) is 0 Å². The molecule has 0 aliphatic rings. The Labute approximate surface area is 173 Å². The first kappa shape index (κ1) is 24.0. The molecule has 2 heterocycles. The van der Waals surface area contributed by atoms with E-state index in [0.717, 1.165) is 13.1 Å². The molecule has 10 nitrogen and oxygen atoms in total. The zero-order valence-electron chi connectivity index (χ0n) is 16.7. The summed E-state index contributed by atoms with van der Waals surface area (Å²) in [5.41, 5.74) is 5.48. The average molecular weight is 416 g/mol. The second kappa shape index (κ2) is 12.4. The largest absolute Gasteiger partial charge is 0.328 e. The highest BCUT2D eigenvalue weighted by molar-refractivity contribution is 5.36. The van der Waals surface area contributed by atoms with Crippen LogP contribution in [0.4, 0.5) is 0 Å². The fourth-order valence-corrected chi connectivity index (χ4v) is 2.75. The van der Waals surface area contributed by atoms with Crippen LogP contribution in [0.2, 0.25) is 0 Å². The van der Waals surface area contributed by atoms with Gasteiger partial charge in [-0.05, 0) is 37.1 Å². The predicted octanol–water partition coefficient (Wildman–Crippen LogP) is 2.28. The molecule has 2 N–H and O–H groups in total. The van der Waals surface area contributed by atoms with Crippen molar-refractivity contribution in [3.05, 3.63) is 116 Å². The summed E-state index contributed by atoms with van der Waals surface area (Å²) >= 11 is 0. The summed E-state index contributed by atoms with van der Waals surface area (Å²) in [5, 5.41) is 27.3. The highest BCUT2D eigenvalue weighted by Gasteiger charge is 2.11. The molecule has 0 saturated carbocycles. The molecule has 0 spiro atoms. The molecule has 0 amide bonds. The van der Waals surface area contributed by atoms with Crippen LogP contribution in [-0.2, 0) is 13.1 Å². The Balaban J connectivity index is 0.000000485. The summed E-state index contributed by atoms with van der Waals surface area (Å²) in [4.78, 5) is 16.7. The van der Waals surface area contributed by atoms with Crippen LogP contribution in [0.3, 0.4) is 0 Å². The molecule has 0 unspecified atom stereocenters. The second-order valence-electron chi connectivity index (χ2n) is 6.28. The molecule has 30 heavy (non-hydrogen) atoms. The summed E-state index contributed by atoms with van der Waals surface area (Å²) in [7, 11) is 0. The maximum atomic E-state index is 8.36. The van der Waals surface area contributed by atoms with E-state index >= 15 is 0 Å². The van der Waals surface area contributed by atoms with Crippen LogP contribution in [-0.4, -0.2) is 20.6 Å². The van der Waals surface area contributed by atoms with Crippen LogP contribution in [0.1, 0.15) is 22.3 Å². The Bertz CT molecular complexity index is 865. The standard InChI is InChI=1S/C20H22N2.2HNO3/c1-17-13-20(16-22-11-7-4-8-12-22)18(2)14-19(17)15-21-9-5-3-6-10-21;2*2-1(3)4/h3-14H,15-16H2,1-2H3;2*(H,2,3,4)/q+2;;. The Morgan fingerprint density at radius 1 is 0.700 bits per heavy atom. The van der Waals surface area contributed by atoms with Gasteiger partial charge in [0.1, 0.15) is 0 Å². The summed E-state index contributed by atoms with van der Waals surface area (Å²) in [6.07, 6.45) is 8.45. The van der Waals surface area contributed by atoms with Gasteiger partial charge in [0.15, 0.2) is 37.9 Å². The molecule has 0 fully saturated rings. The van der Waals surface area contributed by atoms with E-state index in [1.807, 2.05) is 0 Å². The minimum Gasteiger partial charge on any atom is -0.328 e. The van der Waals surface area contributed by atoms with Gasteiger partial charge in [0.05, 0.1) is 0 Å². The second-order valence-corrected chi connectivity index (χ2v) is 6.28. The summed E-state index contributed by atoms with van der Waals surface area (Å²) < 4.78 is 4.43. The SMILES string of the molecule is Cc1cc(C[n+]2ccccc2)c(C)cc1C[n+]1ccccc1.O=[N+]([O-])O.O=[N+]([O-])O. The van der Waals surface area contributed by atoms with Crippen LogP contribution in [0, 0.1) is 34.1 Å². The number of nitrogens with zero attached hydrogens (tertiary/aromatic N) is 4. The zero-order valence-corrected chi connectivity index (χ0v) is 16.7. The molecule has 3 aromatic rings. The molecule has 0 bridgehead atoms. The minimum atomic E-state index is -1.50. The molecule has 0 aliphatic heterocycles. The van der Waals surface area contributed by atoms with Crippen molar-refractivity contribution in [2.45, 2.75) is 26.9 Å². The van der Waals surface area contributed by atoms with Gasteiger partial charge < -0.3 is 10.4 Å². The molecule has 3 rings (SSSR count). The zero-order chi connectivity index (χ0) is 22.5. The molecule has 0 atom stereocenters. The van der Waals surface area contributed by atoms with Crippen molar-refractivity contribution in [3.8, 4) is 0 Å². The van der Waals surface area contributed by atoms with Crippen LogP contribution >= 0.6 is 0 Å². The number of pyridine rings is 2. The first-order chi connectivity index (χ1) is 14.2. The number of rotatable bonds is 4. The highest BCUT2D eigenvalue weighted by atomic mass is 16.9. The third-order valence-corrected chi connectivity index (χ3v) is 4.05. The third-order valence-electron chi connectivity index (χ3n) is 4.05. The quantitative estimate of drug-likeness (QED) is 0.381. The maximum absolute atomic E-state index is 8.36. The lowest BCUT2D eigenvalue weighted by atomic mass is 9.99. The van der Waals surface area contributed by atoms with Crippen molar-refractivity contribution in [2.75, 3.05) is 0 Å². The van der Waals surface area contributed by atoms with Gasteiger partial charge in [-0.25, -0.2) is 9.13 Å². The summed E-state index contributed by atoms with van der Waals surface area (Å²) in [5.74, 6) is 0.